The molecule has 1 aromatic heterocycles. The molecule has 6 heteroatoms. The van der Waals surface area contributed by atoms with Crippen molar-refractivity contribution in [2.45, 2.75) is 19.3 Å². The van der Waals surface area contributed by atoms with E-state index in [2.05, 4.69) is 4.98 Å². The molecule has 0 spiro atoms. The molecule has 0 bridgehead atoms. The van der Waals surface area contributed by atoms with Crippen molar-refractivity contribution < 1.29 is 14.8 Å². The minimum Gasteiger partial charge on any atom is -0.423 e. The van der Waals surface area contributed by atoms with Crippen LogP contribution in [0.25, 0.3) is 10.8 Å². The number of benzene rings is 2. The number of fused-ring (bicyclic) bond motifs is 1. The molecule has 0 aliphatic heterocycles. The number of nitrogens with two attached hydrogens (primary N) is 1. The summed E-state index contributed by atoms with van der Waals surface area (Å²) >= 11 is 0. The second-order valence-electron chi connectivity index (χ2n) is 6.48. The Balaban J connectivity index is 1.83. The van der Waals surface area contributed by atoms with Crippen molar-refractivity contribution in [3.05, 3.63) is 71.5 Å². The molecule has 0 aliphatic rings. The minimum atomic E-state index is -1.52. The van der Waals surface area contributed by atoms with E-state index in [4.69, 9.17) is 5.73 Å². The fourth-order valence-electron chi connectivity index (χ4n) is 3.23. The summed E-state index contributed by atoms with van der Waals surface area (Å²) in [6.07, 6.45) is 3.82. The van der Waals surface area contributed by atoms with Gasteiger partial charge in [0, 0.05) is 30.7 Å². The maximum absolute atomic E-state index is 12.8. The van der Waals surface area contributed by atoms with Gasteiger partial charge in [0.1, 0.15) is 5.78 Å². The molecule has 2 aromatic carbocycles. The molecule has 0 amide bonds. The van der Waals surface area contributed by atoms with Crippen LogP contribution in [0.4, 0.5) is 0 Å². The van der Waals surface area contributed by atoms with Gasteiger partial charge in [-0.1, -0.05) is 42.0 Å². The summed E-state index contributed by atoms with van der Waals surface area (Å²) < 4.78 is 0. The van der Waals surface area contributed by atoms with Crippen molar-refractivity contribution in [1.29, 1.82) is 0 Å². The smallest absolute Gasteiger partial charge is 0.423 e. The number of hydrogen-bond acceptors (Lipinski definition) is 5. The highest BCUT2D eigenvalue weighted by Gasteiger charge is 2.21. The highest BCUT2D eigenvalue weighted by molar-refractivity contribution is 6.59. The number of carbonyl (C=O) groups excluding carboxylic acids is 1. The van der Waals surface area contributed by atoms with Gasteiger partial charge in [-0.2, -0.15) is 0 Å². The lowest BCUT2D eigenvalue weighted by molar-refractivity contribution is -0.119. The molecule has 0 radical (unpaired) electrons. The number of nitrogens with zero attached hydrogens (tertiary/aromatic N) is 1. The predicted octanol–water partition coefficient (Wildman–Crippen LogP) is 1.08. The number of aromatic nitrogens is 1. The first-order valence-corrected chi connectivity index (χ1v) is 8.51. The molecule has 0 fully saturated rings. The summed E-state index contributed by atoms with van der Waals surface area (Å²) in [6.45, 7) is 1.99. The highest BCUT2D eigenvalue weighted by atomic mass is 16.4. The van der Waals surface area contributed by atoms with Crippen molar-refractivity contribution in [1.82, 2.24) is 4.98 Å². The molecule has 1 atom stereocenters. The lowest BCUT2D eigenvalue weighted by Gasteiger charge is -2.16. The third-order valence-electron chi connectivity index (χ3n) is 4.68. The Morgan fingerprint density at radius 3 is 2.65 bits per heavy atom. The van der Waals surface area contributed by atoms with Crippen molar-refractivity contribution in [2.75, 3.05) is 6.54 Å². The number of ketones is 1. The second kappa shape index (κ2) is 7.78. The SMILES string of the molecule is Cc1cc(C(CN)C(=O)Cc2ccc3cnccc3c2)ccc1B(O)O. The van der Waals surface area contributed by atoms with E-state index in [1.165, 1.54) is 0 Å². The normalized spacial score (nSPS) is 12.2. The molecular formula is C20H21BN2O3. The van der Waals surface area contributed by atoms with E-state index in [0.717, 1.165) is 27.5 Å². The molecule has 26 heavy (non-hydrogen) atoms. The minimum absolute atomic E-state index is 0.0394. The van der Waals surface area contributed by atoms with E-state index in [1.807, 2.05) is 24.3 Å². The molecule has 3 aromatic rings. The van der Waals surface area contributed by atoms with Crippen LogP contribution in [0.15, 0.2) is 54.9 Å². The predicted molar refractivity (Wildman–Crippen MR) is 103 cm³/mol. The van der Waals surface area contributed by atoms with Crippen LogP contribution in [0.5, 0.6) is 0 Å². The zero-order chi connectivity index (χ0) is 18.7. The number of Topliss-reactive ketones (excluding diaryl/α,β-unsaturated/α-hetero) is 1. The number of pyridine rings is 1. The topological polar surface area (TPSA) is 96.4 Å². The van der Waals surface area contributed by atoms with Gasteiger partial charge in [0.2, 0.25) is 0 Å². The van der Waals surface area contributed by atoms with Gasteiger partial charge in [0.05, 0.1) is 5.92 Å². The second-order valence-corrected chi connectivity index (χ2v) is 6.48. The van der Waals surface area contributed by atoms with Crippen molar-refractivity contribution in [2.24, 2.45) is 5.73 Å². The maximum atomic E-state index is 12.8. The van der Waals surface area contributed by atoms with Crippen LogP contribution >= 0.6 is 0 Å². The molecule has 0 aliphatic carbocycles. The highest BCUT2D eigenvalue weighted by Crippen LogP contribution is 2.21. The van der Waals surface area contributed by atoms with E-state index in [-0.39, 0.29) is 12.3 Å². The molecule has 0 saturated carbocycles. The largest absolute Gasteiger partial charge is 0.488 e. The Kier molecular flexibility index (Phi) is 5.47. The Morgan fingerprint density at radius 1 is 1.15 bits per heavy atom. The molecule has 3 rings (SSSR count). The molecule has 1 heterocycles. The summed E-state index contributed by atoms with van der Waals surface area (Å²) in [6, 6.07) is 13.0. The van der Waals surface area contributed by atoms with Crippen LogP contribution in [-0.2, 0) is 11.2 Å². The lowest BCUT2D eigenvalue weighted by atomic mass is 9.76. The molecule has 132 valence electrons. The summed E-state index contributed by atoms with van der Waals surface area (Å²) in [5.41, 5.74) is 8.76. The zero-order valence-electron chi connectivity index (χ0n) is 14.6. The zero-order valence-corrected chi connectivity index (χ0v) is 14.6. The fourth-order valence-corrected chi connectivity index (χ4v) is 3.23. The summed E-state index contributed by atoms with van der Waals surface area (Å²) in [4.78, 5) is 16.9. The third kappa shape index (κ3) is 3.83. The van der Waals surface area contributed by atoms with E-state index in [1.54, 1.807) is 37.5 Å². The van der Waals surface area contributed by atoms with E-state index < -0.39 is 13.0 Å². The average molecular weight is 348 g/mol. The van der Waals surface area contributed by atoms with Crippen LogP contribution in [0.3, 0.4) is 0 Å². The van der Waals surface area contributed by atoms with Crippen molar-refractivity contribution >= 4 is 29.1 Å². The fraction of sp³-hybridized carbons (Fsp3) is 0.200. The van der Waals surface area contributed by atoms with Gasteiger partial charge < -0.3 is 15.8 Å². The van der Waals surface area contributed by atoms with Gasteiger partial charge in [-0.25, -0.2) is 0 Å². The number of hydrogen-bond donors (Lipinski definition) is 3. The molecule has 0 saturated heterocycles. The van der Waals surface area contributed by atoms with Gasteiger partial charge in [0.25, 0.3) is 0 Å². The first kappa shape index (κ1) is 18.3. The summed E-state index contributed by atoms with van der Waals surface area (Å²) in [5.74, 6) is -0.385. The number of carbonyl (C=O) groups is 1. The Labute approximate surface area is 152 Å². The summed E-state index contributed by atoms with van der Waals surface area (Å²) in [5, 5.41) is 20.8. The molecule has 1 unspecified atom stereocenters. The molecule has 4 N–H and O–H groups in total. The van der Waals surface area contributed by atoms with Gasteiger partial charge in [-0.15, -0.1) is 0 Å². The van der Waals surface area contributed by atoms with Crippen LogP contribution in [-0.4, -0.2) is 34.5 Å². The Morgan fingerprint density at radius 2 is 1.96 bits per heavy atom. The average Bonchev–Trinajstić information content (AvgIpc) is 2.62. The number of aryl methyl sites for hydroxylation is 1. The lowest BCUT2D eigenvalue weighted by Crippen LogP contribution is -2.32. The summed E-state index contributed by atoms with van der Waals surface area (Å²) in [7, 11) is -1.52. The first-order chi connectivity index (χ1) is 12.5. The van der Waals surface area contributed by atoms with E-state index in [0.29, 0.717) is 11.9 Å². The number of rotatable bonds is 6. The van der Waals surface area contributed by atoms with Crippen LogP contribution in [0, 0.1) is 6.92 Å². The van der Waals surface area contributed by atoms with Gasteiger partial charge >= 0.3 is 7.12 Å². The standard InChI is InChI=1S/C20H21BN2O3/c1-13-8-16(4-5-19(13)21(25)26)18(11-22)20(24)10-14-2-3-17-12-23-7-6-15(17)9-14/h2-9,12,18,25-26H,10-11,22H2,1H3. The van der Waals surface area contributed by atoms with Crippen LogP contribution in [0.1, 0.15) is 22.6 Å². The van der Waals surface area contributed by atoms with Crippen molar-refractivity contribution in [3.63, 3.8) is 0 Å². The maximum Gasteiger partial charge on any atom is 0.488 e. The monoisotopic (exact) mass is 348 g/mol. The first-order valence-electron chi connectivity index (χ1n) is 8.51. The van der Waals surface area contributed by atoms with Gasteiger partial charge in [0.15, 0.2) is 0 Å². The Bertz CT molecular complexity index is 943. The van der Waals surface area contributed by atoms with Crippen molar-refractivity contribution in [3.8, 4) is 0 Å². The Hall–Kier alpha value is -2.54. The van der Waals surface area contributed by atoms with E-state index >= 15 is 0 Å². The molecular weight excluding hydrogens is 327 g/mol. The van der Waals surface area contributed by atoms with Crippen LogP contribution < -0.4 is 11.2 Å². The van der Waals surface area contributed by atoms with Gasteiger partial charge in [-0.3, -0.25) is 9.78 Å². The van der Waals surface area contributed by atoms with E-state index in [9.17, 15) is 14.8 Å². The quantitative estimate of drug-likeness (QED) is 0.579. The van der Waals surface area contributed by atoms with Gasteiger partial charge in [-0.05, 0) is 35.0 Å². The third-order valence-corrected chi connectivity index (χ3v) is 4.68. The van der Waals surface area contributed by atoms with Crippen LogP contribution in [0.2, 0.25) is 0 Å². The molecule has 5 nitrogen and oxygen atoms in total.